The SMILES string of the molecule is CCCn1cc(CN[C@@H](C)C(N)=O)cn1. The van der Waals surface area contributed by atoms with Gasteiger partial charge in [0, 0.05) is 24.8 Å². The van der Waals surface area contributed by atoms with Gasteiger partial charge in [-0.3, -0.25) is 9.48 Å². The minimum atomic E-state index is -0.337. The Kier molecular flexibility index (Phi) is 4.30. The quantitative estimate of drug-likeness (QED) is 0.707. The average Bonchev–Trinajstić information content (AvgIpc) is 2.62. The number of carbonyl (C=O) groups excluding carboxylic acids is 1. The number of carbonyl (C=O) groups is 1. The Morgan fingerprint density at radius 1 is 1.73 bits per heavy atom. The summed E-state index contributed by atoms with van der Waals surface area (Å²) in [6.45, 7) is 5.40. The van der Waals surface area contributed by atoms with Crippen LogP contribution in [-0.2, 0) is 17.9 Å². The molecular formula is C10H18N4O. The summed E-state index contributed by atoms with van der Waals surface area (Å²) in [6.07, 6.45) is 4.84. The number of hydrogen-bond donors (Lipinski definition) is 2. The van der Waals surface area contributed by atoms with Crippen molar-refractivity contribution in [1.82, 2.24) is 15.1 Å². The first-order valence-corrected chi connectivity index (χ1v) is 5.17. The fourth-order valence-corrected chi connectivity index (χ4v) is 1.22. The van der Waals surface area contributed by atoms with E-state index in [0.717, 1.165) is 18.5 Å². The Balaban J connectivity index is 2.40. The van der Waals surface area contributed by atoms with Gasteiger partial charge >= 0.3 is 0 Å². The van der Waals surface area contributed by atoms with Crippen LogP contribution < -0.4 is 11.1 Å². The molecule has 5 heteroatoms. The maximum atomic E-state index is 10.8. The summed E-state index contributed by atoms with van der Waals surface area (Å²) >= 11 is 0. The summed E-state index contributed by atoms with van der Waals surface area (Å²) in [7, 11) is 0. The molecule has 15 heavy (non-hydrogen) atoms. The molecule has 84 valence electrons. The molecule has 1 heterocycles. The van der Waals surface area contributed by atoms with E-state index in [2.05, 4.69) is 17.3 Å². The Morgan fingerprint density at radius 3 is 3.07 bits per heavy atom. The zero-order valence-corrected chi connectivity index (χ0v) is 9.23. The van der Waals surface area contributed by atoms with Gasteiger partial charge in [-0.2, -0.15) is 5.10 Å². The minimum absolute atomic E-state index is 0.306. The van der Waals surface area contributed by atoms with Crippen LogP contribution in [0.15, 0.2) is 12.4 Å². The first kappa shape index (κ1) is 11.7. The molecule has 1 aromatic heterocycles. The van der Waals surface area contributed by atoms with Crippen molar-refractivity contribution < 1.29 is 4.79 Å². The van der Waals surface area contributed by atoms with Crippen molar-refractivity contribution in [2.45, 2.75) is 39.4 Å². The second kappa shape index (κ2) is 5.50. The highest BCUT2D eigenvalue weighted by molar-refractivity contribution is 5.79. The normalized spacial score (nSPS) is 12.7. The maximum Gasteiger partial charge on any atom is 0.234 e. The van der Waals surface area contributed by atoms with Gasteiger partial charge in [0.1, 0.15) is 0 Å². The molecule has 0 unspecified atom stereocenters. The summed E-state index contributed by atoms with van der Waals surface area (Å²) in [5.74, 6) is -0.337. The number of nitrogens with one attached hydrogen (secondary N) is 1. The van der Waals surface area contributed by atoms with E-state index in [4.69, 9.17) is 5.73 Å². The molecule has 1 atom stereocenters. The van der Waals surface area contributed by atoms with Crippen LogP contribution in [0.25, 0.3) is 0 Å². The van der Waals surface area contributed by atoms with Crippen molar-refractivity contribution in [3.8, 4) is 0 Å². The van der Waals surface area contributed by atoms with Crippen molar-refractivity contribution in [2.24, 2.45) is 5.73 Å². The van der Waals surface area contributed by atoms with Crippen molar-refractivity contribution in [3.05, 3.63) is 18.0 Å². The summed E-state index contributed by atoms with van der Waals surface area (Å²) in [5.41, 5.74) is 6.20. The van der Waals surface area contributed by atoms with Gasteiger partial charge in [-0.05, 0) is 13.3 Å². The molecule has 0 bridgehead atoms. The number of rotatable bonds is 6. The third-order valence-corrected chi connectivity index (χ3v) is 2.18. The van der Waals surface area contributed by atoms with Crippen LogP contribution in [0.5, 0.6) is 0 Å². The first-order chi connectivity index (χ1) is 7.13. The highest BCUT2D eigenvalue weighted by Gasteiger charge is 2.07. The minimum Gasteiger partial charge on any atom is -0.368 e. The lowest BCUT2D eigenvalue weighted by atomic mass is 10.3. The molecule has 0 aliphatic heterocycles. The van der Waals surface area contributed by atoms with Crippen molar-refractivity contribution in [3.63, 3.8) is 0 Å². The van der Waals surface area contributed by atoms with Crippen LogP contribution >= 0.6 is 0 Å². The van der Waals surface area contributed by atoms with E-state index >= 15 is 0 Å². The Hall–Kier alpha value is -1.36. The Labute approximate surface area is 89.6 Å². The fourth-order valence-electron chi connectivity index (χ4n) is 1.22. The number of hydrogen-bond acceptors (Lipinski definition) is 3. The molecule has 0 aliphatic rings. The second-order valence-corrected chi connectivity index (χ2v) is 3.62. The summed E-state index contributed by atoms with van der Waals surface area (Å²) in [5, 5.41) is 7.22. The van der Waals surface area contributed by atoms with Crippen molar-refractivity contribution >= 4 is 5.91 Å². The molecule has 0 aliphatic carbocycles. The van der Waals surface area contributed by atoms with E-state index in [1.54, 1.807) is 13.1 Å². The molecule has 0 saturated carbocycles. The highest BCUT2D eigenvalue weighted by atomic mass is 16.1. The molecule has 5 nitrogen and oxygen atoms in total. The number of aromatic nitrogens is 2. The Bertz CT molecular complexity index is 321. The van der Waals surface area contributed by atoms with Gasteiger partial charge in [0.15, 0.2) is 0 Å². The molecule has 0 saturated heterocycles. The average molecular weight is 210 g/mol. The van der Waals surface area contributed by atoms with E-state index in [9.17, 15) is 4.79 Å². The number of aryl methyl sites for hydroxylation is 1. The lowest BCUT2D eigenvalue weighted by Crippen LogP contribution is -2.38. The molecule has 1 aromatic rings. The predicted molar refractivity (Wildman–Crippen MR) is 58.0 cm³/mol. The van der Waals surface area contributed by atoms with Crippen LogP contribution in [0, 0.1) is 0 Å². The summed E-state index contributed by atoms with van der Waals surface area (Å²) < 4.78 is 1.89. The van der Waals surface area contributed by atoms with Gasteiger partial charge in [-0.25, -0.2) is 0 Å². The largest absolute Gasteiger partial charge is 0.368 e. The number of primary amides is 1. The Morgan fingerprint density at radius 2 is 2.47 bits per heavy atom. The topological polar surface area (TPSA) is 72.9 Å². The summed E-state index contributed by atoms with van der Waals surface area (Å²) in [4.78, 5) is 10.8. The number of nitrogens with zero attached hydrogens (tertiary/aromatic N) is 2. The smallest absolute Gasteiger partial charge is 0.234 e. The molecule has 1 rings (SSSR count). The van der Waals surface area contributed by atoms with Crippen molar-refractivity contribution in [1.29, 1.82) is 0 Å². The zero-order chi connectivity index (χ0) is 11.3. The van der Waals surface area contributed by atoms with E-state index in [0.29, 0.717) is 6.54 Å². The van der Waals surface area contributed by atoms with Gasteiger partial charge in [0.05, 0.1) is 12.2 Å². The van der Waals surface area contributed by atoms with Crippen molar-refractivity contribution in [2.75, 3.05) is 0 Å². The zero-order valence-electron chi connectivity index (χ0n) is 9.23. The third-order valence-electron chi connectivity index (χ3n) is 2.18. The van der Waals surface area contributed by atoms with Crippen LogP contribution in [0.1, 0.15) is 25.8 Å². The van der Waals surface area contributed by atoms with Gasteiger partial charge in [-0.1, -0.05) is 6.92 Å². The summed E-state index contributed by atoms with van der Waals surface area (Å²) in [6, 6.07) is -0.306. The standard InChI is InChI=1S/C10H18N4O/c1-3-4-14-7-9(6-13-14)5-12-8(2)10(11)15/h6-8,12H,3-5H2,1-2H3,(H2,11,15)/t8-/m0/s1. The van der Waals surface area contributed by atoms with E-state index < -0.39 is 0 Å². The van der Waals surface area contributed by atoms with Crippen LogP contribution in [0.3, 0.4) is 0 Å². The van der Waals surface area contributed by atoms with Crippen LogP contribution in [-0.4, -0.2) is 21.7 Å². The van der Waals surface area contributed by atoms with Crippen LogP contribution in [0.2, 0.25) is 0 Å². The maximum absolute atomic E-state index is 10.8. The third kappa shape index (κ3) is 3.71. The number of nitrogens with two attached hydrogens (primary N) is 1. The molecule has 0 spiro atoms. The molecule has 0 radical (unpaired) electrons. The number of amides is 1. The van der Waals surface area contributed by atoms with E-state index in [1.165, 1.54) is 0 Å². The van der Waals surface area contributed by atoms with E-state index in [-0.39, 0.29) is 11.9 Å². The van der Waals surface area contributed by atoms with Crippen LogP contribution in [0.4, 0.5) is 0 Å². The van der Waals surface area contributed by atoms with E-state index in [1.807, 2.05) is 10.9 Å². The van der Waals surface area contributed by atoms with Gasteiger partial charge in [-0.15, -0.1) is 0 Å². The molecule has 0 aromatic carbocycles. The monoisotopic (exact) mass is 210 g/mol. The van der Waals surface area contributed by atoms with Gasteiger partial charge in [0.2, 0.25) is 5.91 Å². The highest BCUT2D eigenvalue weighted by Crippen LogP contribution is 1.98. The molecular weight excluding hydrogens is 192 g/mol. The molecule has 0 fully saturated rings. The molecule has 3 N–H and O–H groups in total. The van der Waals surface area contributed by atoms with Gasteiger partial charge < -0.3 is 11.1 Å². The fraction of sp³-hybridized carbons (Fsp3) is 0.600. The molecule has 1 amide bonds. The second-order valence-electron chi connectivity index (χ2n) is 3.62. The lowest BCUT2D eigenvalue weighted by Gasteiger charge is -2.07. The van der Waals surface area contributed by atoms with Gasteiger partial charge in [0.25, 0.3) is 0 Å². The predicted octanol–water partition coefficient (Wildman–Crippen LogP) is 0.256. The lowest BCUT2D eigenvalue weighted by molar-refractivity contribution is -0.119. The first-order valence-electron chi connectivity index (χ1n) is 5.17.